The number of fused-ring (bicyclic) bond motifs is 2. The van der Waals surface area contributed by atoms with Gasteiger partial charge in [-0.05, 0) is 110 Å². The van der Waals surface area contributed by atoms with Gasteiger partial charge < -0.3 is 29.0 Å². The van der Waals surface area contributed by atoms with Crippen molar-refractivity contribution in [2.45, 2.75) is 69.4 Å². The van der Waals surface area contributed by atoms with E-state index in [-0.39, 0.29) is 22.8 Å². The number of likely N-dealkylation sites (tertiary alicyclic amines) is 1. The number of benzene rings is 3. The van der Waals surface area contributed by atoms with E-state index in [1.807, 2.05) is 41.3 Å². The highest BCUT2D eigenvalue weighted by Gasteiger charge is 2.34. The molecule has 3 aromatic carbocycles. The first kappa shape index (κ1) is 46.0. The number of nitro groups is 1. The van der Waals surface area contributed by atoms with Crippen molar-refractivity contribution in [1.82, 2.24) is 24.5 Å². The summed E-state index contributed by atoms with van der Waals surface area (Å²) in [6.45, 7) is 12.5. The maximum absolute atomic E-state index is 14.5. The second kappa shape index (κ2) is 19.0. The van der Waals surface area contributed by atoms with E-state index in [4.69, 9.17) is 30.8 Å². The molecule has 358 valence electrons. The number of rotatable bonds is 12. The number of ether oxygens (including phenoxy) is 3. The molecule has 4 aliphatic heterocycles. The molecular formula is C50H57ClN8O8S. The lowest BCUT2D eigenvalue weighted by Gasteiger charge is -2.41. The summed E-state index contributed by atoms with van der Waals surface area (Å²) in [4.78, 5) is 42.7. The van der Waals surface area contributed by atoms with Gasteiger partial charge in [0.05, 0.1) is 46.9 Å². The predicted molar refractivity (Wildman–Crippen MR) is 262 cm³/mol. The highest BCUT2D eigenvalue weighted by molar-refractivity contribution is 7.90. The number of amides is 1. The van der Waals surface area contributed by atoms with Crippen molar-refractivity contribution in [3.8, 4) is 11.6 Å². The van der Waals surface area contributed by atoms with Crippen LogP contribution in [0, 0.1) is 15.5 Å². The Morgan fingerprint density at radius 3 is 2.49 bits per heavy atom. The van der Waals surface area contributed by atoms with Crippen molar-refractivity contribution in [3.63, 3.8) is 0 Å². The third-order valence-electron chi connectivity index (χ3n) is 14.2. The van der Waals surface area contributed by atoms with Gasteiger partial charge in [0.25, 0.3) is 15.9 Å². The van der Waals surface area contributed by atoms with E-state index in [9.17, 15) is 23.3 Å². The zero-order valence-corrected chi connectivity index (χ0v) is 40.0. The van der Waals surface area contributed by atoms with Crippen LogP contribution >= 0.6 is 11.6 Å². The summed E-state index contributed by atoms with van der Waals surface area (Å²) in [6.07, 6.45) is 6.68. The number of halogens is 1. The molecule has 0 bridgehead atoms. The number of carbonyl (C=O) groups is 1. The zero-order chi connectivity index (χ0) is 47.2. The van der Waals surface area contributed by atoms with Crippen molar-refractivity contribution in [2.75, 3.05) is 82.0 Å². The van der Waals surface area contributed by atoms with Crippen LogP contribution in [0.15, 0.2) is 89.5 Å². The topological polar surface area (TPSA) is 176 Å². The molecule has 5 aliphatic rings. The third-order valence-corrected chi connectivity index (χ3v) is 15.7. The lowest BCUT2D eigenvalue weighted by Crippen LogP contribution is -2.52. The standard InChI is InChI=1S/C50H57ClN8O8S/c1-50(2)16-12-35(42(29-50)33-4-6-36(51)7-5-33)30-55-21-23-57(24-22-55)37-8-10-41(43(27-37)58-18-3-25-66-49-45(58)26-34-13-17-52-47(34)53-49)48(60)54-68(63,64)40-9-11-46(44(28-40)59(61)62)67-39-14-19-56(20-15-39)38-31-65-32-38/h4-11,13,17,26-28,38-39H,3,12,14-16,18-25,29-32H2,1-2H3,(H,52,53)(H,54,60). The number of allylic oxidation sites excluding steroid dienone is 1. The normalized spacial score (nSPS) is 19.8. The van der Waals surface area contributed by atoms with Crippen LogP contribution < -0.4 is 24.0 Å². The number of hydrogen-bond acceptors (Lipinski definition) is 13. The summed E-state index contributed by atoms with van der Waals surface area (Å²) in [5.41, 5.74) is 6.62. The summed E-state index contributed by atoms with van der Waals surface area (Å²) in [5.74, 6) is -0.512. The molecule has 6 heterocycles. The maximum Gasteiger partial charge on any atom is 0.312 e. The number of H-pyrrole nitrogens is 1. The summed E-state index contributed by atoms with van der Waals surface area (Å²) < 4.78 is 47.9. The molecule has 5 aromatic rings. The Labute approximate surface area is 401 Å². The second-order valence-electron chi connectivity index (χ2n) is 19.3. The molecule has 1 aliphatic carbocycles. The number of nitrogens with zero attached hydrogens (tertiary/aromatic N) is 6. The highest BCUT2D eigenvalue weighted by atomic mass is 35.5. The molecule has 2 N–H and O–H groups in total. The predicted octanol–water partition coefficient (Wildman–Crippen LogP) is 8.19. The lowest BCUT2D eigenvalue weighted by atomic mass is 9.72. The van der Waals surface area contributed by atoms with Crippen LogP contribution in [-0.2, 0) is 14.8 Å². The molecule has 1 amide bonds. The number of aromatic amines is 1. The minimum absolute atomic E-state index is 0.0191. The minimum Gasteiger partial charge on any atom is -0.483 e. The van der Waals surface area contributed by atoms with Gasteiger partial charge in [0.2, 0.25) is 5.88 Å². The molecule has 0 unspecified atom stereocenters. The van der Waals surface area contributed by atoms with E-state index in [1.54, 1.807) is 12.3 Å². The van der Waals surface area contributed by atoms with Crippen LogP contribution in [0.4, 0.5) is 22.7 Å². The molecule has 0 saturated carbocycles. The Morgan fingerprint density at radius 2 is 1.75 bits per heavy atom. The van der Waals surface area contributed by atoms with E-state index in [1.165, 1.54) is 28.8 Å². The Balaban J connectivity index is 0.904. The first-order chi connectivity index (χ1) is 32.8. The number of nitrogens with one attached hydrogen (secondary N) is 2. The van der Waals surface area contributed by atoms with Gasteiger partial charge in [0, 0.05) is 80.7 Å². The van der Waals surface area contributed by atoms with Gasteiger partial charge in [-0.1, -0.05) is 43.2 Å². The van der Waals surface area contributed by atoms with E-state index < -0.39 is 31.4 Å². The highest BCUT2D eigenvalue weighted by Crippen LogP contribution is 2.44. The van der Waals surface area contributed by atoms with Gasteiger partial charge in [-0.25, -0.2) is 13.1 Å². The summed E-state index contributed by atoms with van der Waals surface area (Å²) in [6, 6.07) is 21.4. The van der Waals surface area contributed by atoms with Gasteiger partial charge in [0.1, 0.15) is 17.4 Å². The number of piperidine rings is 1. The van der Waals surface area contributed by atoms with Crippen LogP contribution in [0.1, 0.15) is 68.3 Å². The van der Waals surface area contributed by atoms with Gasteiger partial charge >= 0.3 is 5.69 Å². The average molecular weight is 966 g/mol. The van der Waals surface area contributed by atoms with Gasteiger partial charge in [0.15, 0.2) is 5.75 Å². The fourth-order valence-electron chi connectivity index (χ4n) is 10.2. The SMILES string of the molecule is CC1(C)CCC(CN2CCN(c3ccc(C(=O)NS(=O)(=O)c4ccc(OC5CCN(C6COC6)CC5)c([N+](=O)[O-])c4)c(N4CCCOc5nc6[nH]ccc6cc54)c3)CC2)=C(c2ccc(Cl)cc2)C1. The van der Waals surface area contributed by atoms with E-state index >= 15 is 0 Å². The first-order valence-corrected chi connectivity index (χ1v) is 25.4. The largest absolute Gasteiger partial charge is 0.483 e. The molecule has 68 heavy (non-hydrogen) atoms. The van der Waals surface area contributed by atoms with Crippen molar-refractivity contribution < 1.29 is 32.3 Å². The Hall–Kier alpha value is -5.72. The average Bonchev–Trinajstić information content (AvgIpc) is 3.67. The first-order valence-electron chi connectivity index (χ1n) is 23.6. The smallest absolute Gasteiger partial charge is 0.312 e. The number of aromatic nitrogens is 2. The fraction of sp³-hybridized carbons (Fsp3) is 0.440. The van der Waals surface area contributed by atoms with Crippen molar-refractivity contribution in [3.05, 3.63) is 111 Å². The monoisotopic (exact) mass is 964 g/mol. The molecule has 3 fully saturated rings. The van der Waals surface area contributed by atoms with Gasteiger partial charge in [-0.15, -0.1) is 0 Å². The third kappa shape index (κ3) is 9.77. The summed E-state index contributed by atoms with van der Waals surface area (Å²) in [7, 11) is -4.61. The van der Waals surface area contributed by atoms with Crippen LogP contribution in [0.3, 0.4) is 0 Å². The Kier molecular flexibility index (Phi) is 12.9. The number of hydrogen-bond donors (Lipinski definition) is 2. The summed E-state index contributed by atoms with van der Waals surface area (Å²) >= 11 is 6.28. The van der Waals surface area contributed by atoms with E-state index in [0.717, 1.165) is 87.2 Å². The summed E-state index contributed by atoms with van der Waals surface area (Å²) in [5, 5.41) is 13.9. The van der Waals surface area contributed by atoms with Gasteiger partial charge in [-0.2, -0.15) is 4.98 Å². The maximum atomic E-state index is 14.5. The van der Waals surface area contributed by atoms with Crippen molar-refractivity contribution >= 4 is 66.9 Å². The van der Waals surface area contributed by atoms with Crippen LogP contribution in [-0.4, -0.2) is 123 Å². The van der Waals surface area contributed by atoms with Gasteiger partial charge in [-0.3, -0.25) is 24.7 Å². The molecular weight excluding hydrogens is 908 g/mol. The molecule has 0 spiro atoms. The Bertz CT molecular complexity index is 2850. The van der Waals surface area contributed by atoms with Crippen LogP contribution in [0.2, 0.25) is 5.02 Å². The molecule has 2 aromatic heterocycles. The van der Waals surface area contributed by atoms with Crippen LogP contribution in [0.5, 0.6) is 11.6 Å². The number of pyridine rings is 1. The van der Waals surface area contributed by atoms with E-state index in [0.29, 0.717) is 74.6 Å². The number of nitro benzene ring substituents is 1. The van der Waals surface area contributed by atoms with Crippen molar-refractivity contribution in [2.24, 2.45) is 5.41 Å². The molecule has 3 saturated heterocycles. The molecule has 0 atom stereocenters. The zero-order valence-electron chi connectivity index (χ0n) is 38.4. The number of sulfonamides is 1. The fourth-order valence-corrected chi connectivity index (χ4v) is 11.3. The molecule has 10 rings (SSSR count). The lowest BCUT2D eigenvalue weighted by molar-refractivity contribution is -0.386. The second-order valence-corrected chi connectivity index (χ2v) is 21.5. The quantitative estimate of drug-likeness (QED) is 0.0905. The Morgan fingerprint density at radius 1 is 0.971 bits per heavy atom. The minimum atomic E-state index is -4.61. The molecule has 18 heteroatoms. The number of anilines is 3. The number of piperazine rings is 1. The van der Waals surface area contributed by atoms with Crippen LogP contribution in [0.25, 0.3) is 16.6 Å². The molecule has 16 nitrogen and oxygen atoms in total. The van der Waals surface area contributed by atoms with Crippen molar-refractivity contribution in [1.29, 1.82) is 0 Å². The number of carbonyl (C=O) groups excluding carboxylic acids is 1. The molecule has 0 radical (unpaired) electrons. The van der Waals surface area contributed by atoms with E-state index in [2.05, 4.69) is 50.4 Å².